The third-order valence-corrected chi connectivity index (χ3v) is 9.37. The minimum Gasteiger partial charge on any atom is -0.328 e. The van der Waals surface area contributed by atoms with Gasteiger partial charge in [-0.3, -0.25) is 4.90 Å². The molecular weight excluding hydrogens is 517 g/mol. The van der Waals surface area contributed by atoms with Crippen molar-refractivity contribution in [3.05, 3.63) is 65.6 Å². The first-order chi connectivity index (χ1) is 18.7. The Bertz CT molecular complexity index is 1400. The minimum atomic E-state index is -3.85. The summed E-state index contributed by atoms with van der Waals surface area (Å²) in [5.74, 6) is 0.326. The Morgan fingerprint density at radius 1 is 1.00 bits per heavy atom. The Morgan fingerprint density at radius 3 is 2.38 bits per heavy atom. The van der Waals surface area contributed by atoms with Crippen molar-refractivity contribution in [2.24, 2.45) is 0 Å². The van der Waals surface area contributed by atoms with Crippen LogP contribution in [-0.2, 0) is 16.6 Å². The van der Waals surface area contributed by atoms with Crippen molar-refractivity contribution < 1.29 is 12.8 Å². The zero-order valence-corrected chi connectivity index (χ0v) is 23.6. The van der Waals surface area contributed by atoms with Gasteiger partial charge in [0, 0.05) is 70.3 Å². The average Bonchev–Trinajstić information content (AvgIpc) is 3.48. The maximum atomic E-state index is 14.2. The first-order valence-electron chi connectivity index (χ1n) is 13.3. The summed E-state index contributed by atoms with van der Waals surface area (Å²) in [5, 5.41) is 3.26. The molecule has 0 saturated carbocycles. The third-order valence-electron chi connectivity index (χ3n) is 7.44. The van der Waals surface area contributed by atoms with Crippen LogP contribution in [-0.4, -0.2) is 85.9 Å². The molecule has 0 atom stereocenters. The van der Waals surface area contributed by atoms with Crippen LogP contribution in [0.2, 0.25) is 0 Å². The van der Waals surface area contributed by atoms with Crippen molar-refractivity contribution in [3.63, 3.8) is 0 Å². The molecular formula is C28H36FN7O2S. The van der Waals surface area contributed by atoms with E-state index in [9.17, 15) is 12.8 Å². The summed E-state index contributed by atoms with van der Waals surface area (Å²) in [4.78, 5) is 15.6. The number of piperazine rings is 1. The van der Waals surface area contributed by atoms with Gasteiger partial charge in [0.1, 0.15) is 16.5 Å². The highest BCUT2D eigenvalue weighted by Crippen LogP contribution is 2.34. The average molecular weight is 554 g/mol. The number of nitrogens with one attached hydrogen (secondary N) is 1. The Balaban J connectivity index is 1.35. The molecule has 0 aliphatic carbocycles. The fourth-order valence-electron chi connectivity index (χ4n) is 5.07. The van der Waals surface area contributed by atoms with E-state index < -0.39 is 15.8 Å². The van der Waals surface area contributed by atoms with Crippen molar-refractivity contribution in [1.29, 1.82) is 0 Å². The van der Waals surface area contributed by atoms with E-state index >= 15 is 0 Å². The zero-order valence-electron chi connectivity index (χ0n) is 22.8. The lowest BCUT2D eigenvalue weighted by atomic mass is 10.2. The van der Waals surface area contributed by atoms with Crippen molar-refractivity contribution in [2.45, 2.75) is 31.2 Å². The van der Waals surface area contributed by atoms with E-state index in [-0.39, 0.29) is 4.90 Å². The number of sulfonamides is 1. The fourth-order valence-corrected chi connectivity index (χ4v) is 6.82. The molecule has 11 heteroatoms. The summed E-state index contributed by atoms with van der Waals surface area (Å²) in [6.07, 6.45) is 3.30. The maximum Gasteiger partial charge on any atom is 0.245 e. The molecule has 0 radical (unpaired) electrons. The van der Waals surface area contributed by atoms with Gasteiger partial charge in [0.15, 0.2) is 0 Å². The predicted molar refractivity (Wildman–Crippen MR) is 152 cm³/mol. The van der Waals surface area contributed by atoms with Crippen LogP contribution in [0.5, 0.6) is 0 Å². The van der Waals surface area contributed by atoms with Crippen LogP contribution in [0, 0.1) is 12.7 Å². The van der Waals surface area contributed by atoms with Gasteiger partial charge in [0.25, 0.3) is 0 Å². The topological polar surface area (TPSA) is 84.9 Å². The van der Waals surface area contributed by atoms with Crippen LogP contribution in [0.3, 0.4) is 0 Å². The molecule has 2 saturated heterocycles. The van der Waals surface area contributed by atoms with Crippen molar-refractivity contribution in [1.82, 2.24) is 24.1 Å². The second-order valence-electron chi connectivity index (χ2n) is 10.4. The Labute approximate surface area is 230 Å². The van der Waals surface area contributed by atoms with Crippen LogP contribution in [0.1, 0.15) is 24.0 Å². The normalized spacial score (nSPS) is 17.4. The highest BCUT2D eigenvalue weighted by atomic mass is 32.2. The Kier molecular flexibility index (Phi) is 8.13. The minimum absolute atomic E-state index is 0.0599. The van der Waals surface area contributed by atoms with Gasteiger partial charge in [-0.25, -0.2) is 17.8 Å². The molecule has 2 fully saturated rings. The maximum absolute atomic E-state index is 14.2. The summed E-state index contributed by atoms with van der Waals surface area (Å²) in [7, 11) is 0.0473. The highest BCUT2D eigenvalue weighted by molar-refractivity contribution is 7.89. The lowest BCUT2D eigenvalue weighted by Gasteiger charge is -2.32. The number of benzene rings is 2. The first kappa shape index (κ1) is 27.4. The first-order valence-corrected chi connectivity index (χ1v) is 14.8. The second-order valence-corrected chi connectivity index (χ2v) is 12.3. The van der Waals surface area contributed by atoms with E-state index in [1.54, 1.807) is 18.1 Å². The number of aryl methyl sites for hydroxylation is 1. The Morgan fingerprint density at radius 2 is 1.69 bits per heavy atom. The van der Waals surface area contributed by atoms with Gasteiger partial charge in [-0.05, 0) is 62.7 Å². The highest BCUT2D eigenvalue weighted by Gasteiger charge is 2.31. The quantitative estimate of drug-likeness (QED) is 0.449. The molecule has 9 nitrogen and oxygen atoms in total. The summed E-state index contributed by atoms with van der Waals surface area (Å²) in [5.41, 5.74) is 3.23. The summed E-state index contributed by atoms with van der Waals surface area (Å²) < 4.78 is 42.4. The molecule has 208 valence electrons. The number of likely N-dealkylation sites (N-methyl/N-ethyl adjacent to an activating group) is 1. The monoisotopic (exact) mass is 553 g/mol. The molecule has 0 unspecified atom stereocenters. The number of rotatable bonds is 8. The molecule has 39 heavy (non-hydrogen) atoms. The molecule has 0 spiro atoms. The lowest BCUT2D eigenvalue weighted by molar-refractivity contribution is 0.148. The Hall–Kier alpha value is -3.12. The van der Waals surface area contributed by atoms with Crippen molar-refractivity contribution >= 4 is 33.2 Å². The van der Waals surface area contributed by atoms with Gasteiger partial charge < -0.3 is 15.1 Å². The van der Waals surface area contributed by atoms with Crippen molar-refractivity contribution in [3.8, 4) is 0 Å². The van der Waals surface area contributed by atoms with Crippen LogP contribution >= 0.6 is 0 Å². The fraction of sp³-hybridized carbons (Fsp3) is 0.429. The molecule has 2 aromatic carbocycles. The lowest BCUT2D eigenvalue weighted by Crippen LogP contribution is -2.43. The molecule has 1 N–H and O–H groups in total. The summed E-state index contributed by atoms with van der Waals surface area (Å²) in [6.45, 7) is 7.98. The molecule has 5 rings (SSSR count). The summed E-state index contributed by atoms with van der Waals surface area (Å²) in [6, 6.07) is 12.1. The number of nitrogens with zero attached hydrogens (tertiary/aromatic N) is 6. The summed E-state index contributed by atoms with van der Waals surface area (Å²) >= 11 is 0. The van der Waals surface area contributed by atoms with E-state index in [2.05, 4.69) is 39.3 Å². The standard InChI is InChI=1S/C28H36FN7O2S/c1-21-19-30-28(31-24-9-6-22(7-10-24)20-35-16-14-33(2)15-17-35)32-27(21)34(3)25-11-8-23(29)18-26(25)39(37,38)36-12-4-5-13-36/h6-11,18-19H,4-5,12-17,20H2,1-3H3,(H,30,31,32). The van der Waals surface area contributed by atoms with Gasteiger partial charge >= 0.3 is 0 Å². The van der Waals surface area contributed by atoms with Gasteiger partial charge in [-0.15, -0.1) is 0 Å². The molecule has 0 amide bonds. The van der Waals surface area contributed by atoms with E-state index in [1.807, 2.05) is 19.1 Å². The number of halogens is 1. The van der Waals surface area contributed by atoms with Crippen LogP contribution in [0.4, 0.5) is 27.5 Å². The van der Waals surface area contributed by atoms with Gasteiger partial charge in [0.05, 0.1) is 5.69 Å². The number of hydrogen-bond donors (Lipinski definition) is 1. The molecule has 2 aliphatic heterocycles. The van der Waals surface area contributed by atoms with Crippen LogP contribution < -0.4 is 10.2 Å². The molecule has 1 aromatic heterocycles. The van der Waals surface area contributed by atoms with E-state index in [1.165, 1.54) is 22.0 Å². The number of anilines is 4. The van der Waals surface area contributed by atoms with Crippen LogP contribution in [0.15, 0.2) is 53.6 Å². The second kappa shape index (κ2) is 11.5. The molecule has 2 aliphatic rings. The molecule has 3 heterocycles. The van der Waals surface area contributed by atoms with E-state index in [4.69, 9.17) is 4.98 Å². The molecule has 3 aromatic rings. The smallest absolute Gasteiger partial charge is 0.245 e. The van der Waals surface area contributed by atoms with E-state index in [0.29, 0.717) is 30.5 Å². The molecule has 0 bridgehead atoms. The van der Waals surface area contributed by atoms with Gasteiger partial charge in [-0.1, -0.05) is 12.1 Å². The van der Waals surface area contributed by atoms with Gasteiger partial charge in [-0.2, -0.15) is 9.29 Å². The third kappa shape index (κ3) is 6.22. The largest absolute Gasteiger partial charge is 0.328 e. The zero-order chi connectivity index (χ0) is 27.6. The predicted octanol–water partition coefficient (Wildman–Crippen LogP) is 3.97. The van der Waals surface area contributed by atoms with Gasteiger partial charge in [0.2, 0.25) is 16.0 Å². The van der Waals surface area contributed by atoms with E-state index in [0.717, 1.165) is 62.9 Å². The van der Waals surface area contributed by atoms with Crippen molar-refractivity contribution in [2.75, 3.05) is 63.6 Å². The van der Waals surface area contributed by atoms with Crippen LogP contribution in [0.25, 0.3) is 0 Å². The SMILES string of the molecule is Cc1cnc(Nc2ccc(CN3CCN(C)CC3)cc2)nc1N(C)c1ccc(F)cc1S(=O)(=O)N1CCCC1. The number of aromatic nitrogens is 2. The number of hydrogen-bond acceptors (Lipinski definition) is 8.